The molecule has 33 heavy (non-hydrogen) atoms. The Kier molecular flexibility index (Phi) is 8.30. The number of unbranched alkanes of at least 4 members (excludes halogenated alkanes) is 2. The highest BCUT2D eigenvalue weighted by Crippen LogP contribution is 2.34. The SMILES string of the molecule is CCC1CCC(C)N1CC(=O)c1c(Cl)c(CCCCC#N)n(-c2ccc(C#N)c(F)c2)c1C. The summed E-state index contributed by atoms with van der Waals surface area (Å²) in [6.07, 6.45) is 5.62. The molecule has 2 aromatic rings. The molecule has 0 amide bonds. The van der Waals surface area contributed by atoms with Crippen LogP contribution in [0.3, 0.4) is 0 Å². The van der Waals surface area contributed by atoms with Crippen molar-refractivity contribution in [2.24, 2.45) is 0 Å². The van der Waals surface area contributed by atoms with Crippen LogP contribution in [0.4, 0.5) is 4.39 Å². The molecule has 2 heterocycles. The summed E-state index contributed by atoms with van der Waals surface area (Å²) in [4.78, 5) is 15.8. The van der Waals surface area contributed by atoms with Crippen molar-refractivity contribution in [3.63, 3.8) is 0 Å². The first-order valence-electron chi connectivity index (χ1n) is 11.6. The molecule has 3 rings (SSSR count). The van der Waals surface area contributed by atoms with Crippen LogP contribution in [0, 0.1) is 35.4 Å². The minimum Gasteiger partial charge on any atom is -0.316 e. The Labute approximate surface area is 200 Å². The van der Waals surface area contributed by atoms with Crippen molar-refractivity contribution in [1.82, 2.24) is 9.47 Å². The van der Waals surface area contributed by atoms with Crippen LogP contribution in [-0.4, -0.2) is 33.9 Å². The minimum atomic E-state index is -0.612. The van der Waals surface area contributed by atoms with E-state index < -0.39 is 5.82 Å². The number of Topliss-reactive ketones (excluding diaryl/α,β-unsaturated/α-hetero) is 1. The maximum Gasteiger partial charge on any atom is 0.180 e. The van der Waals surface area contributed by atoms with E-state index in [2.05, 4.69) is 24.8 Å². The van der Waals surface area contributed by atoms with Gasteiger partial charge in [0.15, 0.2) is 5.78 Å². The molecule has 1 aliphatic heterocycles. The van der Waals surface area contributed by atoms with Gasteiger partial charge in [0.2, 0.25) is 0 Å². The summed E-state index contributed by atoms with van der Waals surface area (Å²) in [5.41, 5.74) is 2.38. The average Bonchev–Trinajstić information content (AvgIpc) is 3.26. The Morgan fingerprint density at radius 2 is 2.03 bits per heavy atom. The molecule has 174 valence electrons. The van der Waals surface area contributed by atoms with Gasteiger partial charge in [-0.05, 0) is 70.6 Å². The molecule has 1 aromatic carbocycles. The molecular formula is C26H30ClFN4O. The van der Waals surface area contributed by atoms with E-state index in [1.165, 1.54) is 12.1 Å². The number of carbonyl (C=O) groups is 1. The Balaban J connectivity index is 2.02. The molecule has 5 nitrogen and oxygen atoms in total. The van der Waals surface area contributed by atoms with Crippen LogP contribution in [0.15, 0.2) is 18.2 Å². The van der Waals surface area contributed by atoms with Gasteiger partial charge in [-0.25, -0.2) is 4.39 Å². The fourth-order valence-electron chi connectivity index (χ4n) is 4.93. The topological polar surface area (TPSA) is 72.8 Å². The Bertz CT molecular complexity index is 1110. The van der Waals surface area contributed by atoms with Gasteiger partial charge in [0, 0.05) is 35.6 Å². The number of likely N-dealkylation sites (tertiary alicyclic amines) is 1. The van der Waals surface area contributed by atoms with Gasteiger partial charge in [-0.3, -0.25) is 9.69 Å². The predicted octanol–water partition coefficient (Wildman–Crippen LogP) is 6.13. The molecule has 2 atom stereocenters. The number of benzene rings is 1. The summed E-state index contributed by atoms with van der Waals surface area (Å²) in [7, 11) is 0. The molecule has 7 heteroatoms. The summed E-state index contributed by atoms with van der Waals surface area (Å²) >= 11 is 6.81. The lowest BCUT2D eigenvalue weighted by Crippen LogP contribution is -2.38. The zero-order chi connectivity index (χ0) is 24.1. The summed E-state index contributed by atoms with van der Waals surface area (Å²) in [5, 5.41) is 18.3. The first-order chi connectivity index (χ1) is 15.8. The number of hydrogen-bond donors (Lipinski definition) is 0. The highest BCUT2D eigenvalue weighted by molar-refractivity contribution is 6.35. The molecule has 0 saturated carbocycles. The fraction of sp³-hybridized carbons (Fsp3) is 0.500. The maximum atomic E-state index is 14.4. The van der Waals surface area contributed by atoms with E-state index in [1.54, 1.807) is 6.07 Å². The number of nitrogens with zero attached hydrogens (tertiary/aromatic N) is 4. The van der Waals surface area contributed by atoms with Crippen molar-refractivity contribution in [1.29, 1.82) is 10.5 Å². The lowest BCUT2D eigenvalue weighted by atomic mass is 10.1. The number of ketones is 1. The molecule has 1 aliphatic rings. The third kappa shape index (κ3) is 5.13. The van der Waals surface area contributed by atoms with Crippen LogP contribution in [0.2, 0.25) is 5.02 Å². The van der Waals surface area contributed by atoms with E-state index in [4.69, 9.17) is 22.1 Å². The zero-order valence-electron chi connectivity index (χ0n) is 19.5. The van der Waals surface area contributed by atoms with Gasteiger partial charge in [-0.15, -0.1) is 0 Å². The Morgan fingerprint density at radius 1 is 1.27 bits per heavy atom. The summed E-state index contributed by atoms with van der Waals surface area (Å²) in [5.74, 6) is -0.643. The largest absolute Gasteiger partial charge is 0.316 e. The zero-order valence-corrected chi connectivity index (χ0v) is 20.3. The van der Waals surface area contributed by atoms with Gasteiger partial charge in [-0.1, -0.05) is 18.5 Å². The van der Waals surface area contributed by atoms with E-state index >= 15 is 0 Å². The number of halogens is 2. The van der Waals surface area contributed by atoms with Gasteiger partial charge in [0.25, 0.3) is 0 Å². The lowest BCUT2D eigenvalue weighted by molar-refractivity contribution is 0.0888. The van der Waals surface area contributed by atoms with E-state index in [0.717, 1.165) is 31.4 Å². The van der Waals surface area contributed by atoms with Crippen molar-refractivity contribution >= 4 is 17.4 Å². The van der Waals surface area contributed by atoms with Crippen LogP contribution in [0.5, 0.6) is 0 Å². The second kappa shape index (κ2) is 11.0. The fourth-order valence-corrected chi connectivity index (χ4v) is 5.36. The van der Waals surface area contributed by atoms with Crippen molar-refractivity contribution in [3.05, 3.63) is 51.6 Å². The number of carbonyl (C=O) groups excluding carboxylic acids is 1. The number of aromatic nitrogens is 1. The van der Waals surface area contributed by atoms with Crippen LogP contribution >= 0.6 is 11.6 Å². The molecule has 1 saturated heterocycles. The Hall–Kier alpha value is -2.67. The van der Waals surface area contributed by atoms with Crippen LogP contribution in [0.25, 0.3) is 5.69 Å². The van der Waals surface area contributed by atoms with Gasteiger partial charge in [0.1, 0.15) is 11.9 Å². The first-order valence-corrected chi connectivity index (χ1v) is 12.0. The predicted molar refractivity (Wildman–Crippen MR) is 127 cm³/mol. The normalized spacial score (nSPS) is 18.3. The highest BCUT2D eigenvalue weighted by atomic mass is 35.5. The third-order valence-electron chi connectivity index (χ3n) is 6.75. The molecule has 0 bridgehead atoms. The Morgan fingerprint density at radius 3 is 2.67 bits per heavy atom. The monoisotopic (exact) mass is 468 g/mol. The molecular weight excluding hydrogens is 439 g/mol. The van der Waals surface area contributed by atoms with Crippen LogP contribution in [0.1, 0.15) is 79.7 Å². The van der Waals surface area contributed by atoms with Gasteiger partial charge in [0.05, 0.1) is 28.8 Å². The van der Waals surface area contributed by atoms with Crippen molar-refractivity contribution in [2.45, 2.75) is 77.8 Å². The van der Waals surface area contributed by atoms with Gasteiger partial charge in [-0.2, -0.15) is 10.5 Å². The minimum absolute atomic E-state index is 0.0316. The second-order valence-corrected chi connectivity index (χ2v) is 9.16. The van der Waals surface area contributed by atoms with E-state index in [1.807, 2.05) is 17.6 Å². The number of nitriles is 2. The second-order valence-electron chi connectivity index (χ2n) is 8.78. The summed E-state index contributed by atoms with van der Waals surface area (Å²) in [6.45, 7) is 6.44. The molecule has 1 fully saturated rings. The summed E-state index contributed by atoms with van der Waals surface area (Å²) in [6, 6.07) is 9.15. The third-order valence-corrected chi connectivity index (χ3v) is 7.16. The van der Waals surface area contributed by atoms with Gasteiger partial charge >= 0.3 is 0 Å². The van der Waals surface area contributed by atoms with E-state index in [9.17, 15) is 9.18 Å². The molecule has 2 unspecified atom stereocenters. The quantitative estimate of drug-likeness (QED) is 0.327. The highest BCUT2D eigenvalue weighted by Gasteiger charge is 2.33. The van der Waals surface area contributed by atoms with Crippen molar-refractivity contribution < 1.29 is 9.18 Å². The van der Waals surface area contributed by atoms with Crippen molar-refractivity contribution in [2.75, 3.05) is 6.54 Å². The van der Waals surface area contributed by atoms with Crippen LogP contribution < -0.4 is 0 Å². The maximum absolute atomic E-state index is 14.4. The van der Waals surface area contributed by atoms with Crippen LogP contribution in [-0.2, 0) is 6.42 Å². The van der Waals surface area contributed by atoms with Crippen molar-refractivity contribution in [3.8, 4) is 17.8 Å². The van der Waals surface area contributed by atoms with E-state index in [-0.39, 0.29) is 11.3 Å². The standard InChI is InChI=1S/C26H30ClFN4O/c1-4-20-11-9-17(2)31(20)16-24(33)25-18(3)32(21-12-10-19(15-30)22(28)14-21)23(26(25)27)8-6-5-7-13-29/h10,12,14,17,20H,4-9,11,16H2,1-3H3. The number of rotatable bonds is 9. The molecule has 0 spiro atoms. The van der Waals surface area contributed by atoms with Gasteiger partial charge < -0.3 is 4.57 Å². The molecule has 0 radical (unpaired) electrons. The summed E-state index contributed by atoms with van der Waals surface area (Å²) < 4.78 is 16.3. The first kappa shape index (κ1) is 25.0. The molecule has 0 N–H and O–H groups in total. The molecule has 0 aliphatic carbocycles. The van der Waals surface area contributed by atoms with E-state index in [0.29, 0.717) is 59.9 Å². The average molecular weight is 469 g/mol. The smallest absolute Gasteiger partial charge is 0.180 e. The number of hydrogen-bond acceptors (Lipinski definition) is 4. The lowest BCUT2D eigenvalue weighted by Gasteiger charge is -2.26. The molecule has 1 aromatic heterocycles.